The Morgan fingerprint density at radius 1 is 0.970 bits per heavy atom. The van der Waals surface area contributed by atoms with Crippen LogP contribution in [-0.2, 0) is 0 Å². The van der Waals surface area contributed by atoms with Gasteiger partial charge in [-0.15, -0.1) is 0 Å². The van der Waals surface area contributed by atoms with Crippen molar-refractivity contribution in [3.63, 3.8) is 0 Å². The van der Waals surface area contributed by atoms with E-state index in [2.05, 4.69) is 5.16 Å². The third kappa shape index (κ3) is 7.66. The van der Waals surface area contributed by atoms with Crippen molar-refractivity contribution in [2.24, 2.45) is 10.9 Å². The molecule has 0 aliphatic heterocycles. The molecule has 0 saturated heterocycles. The van der Waals surface area contributed by atoms with Gasteiger partial charge in [0.15, 0.2) is 5.84 Å². The molecule has 0 unspecified atom stereocenters. The molecule has 0 fully saturated rings. The van der Waals surface area contributed by atoms with Crippen molar-refractivity contribution in [3.8, 4) is 11.5 Å². The standard InChI is InChI=1S/C25H34FN3O4/c1-17(2)29(18(3)4)25(30)19-8-10-20(11-9-19)32-14-6-5-7-15-33-21-12-13-22(23(26)16-21)24(27)28-31/h8-13,16-18,31H,5-7,14-15H2,1-4H3,(H2,27,28). The molecular weight excluding hydrogens is 425 g/mol. The molecule has 0 spiro atoms. The Bertz CT molecular complexity index is 922. The van der Waals surface area contributed by atoms with Gasteiger partial charge in [0.1, 0.15) is 17.3 Å². The van der Waals surface area contributed by atoms with E-state index < -0.39 is 5.82 Å². The van der Waals surface area contributed by atoms with Crippen LogP contribution in [0.5, 0.6) is 11.5 Å². The van der Waals surface area contributed by atoms with Gasteiger partial charge in [0, 0.05) is 23.7 Å². The van der Waals surface area contributed by atoms with Gasteiger partial charge in [0.25, 0.3) is 5.91 Å². The van der Waals surface area contributed by atoms with E-state index in [1.807, 2.05) is 44.7 Å². The number of amidine groups is 1. The maximum absolute atomic E-state index is 13.9. The average molecular weight is 460 g/mol. The zero-order valence-corrected chi connectivity index (χ0v) is 19.8. The average Bonchev–Trinajstić information content (AvgIpc) is 2.78. The number of ether oxygens (including phenoxy) is 2. The highest BCUT2D eigenvalue weighted by Crippen LogP contribution is 2.18. The molecule has 180 valence electrons. The summed E-state index contributed by atoms with van der Waals surface area (Å²) in [5.74, 6) is 0.246. The third-order valence-corrected chi connectivity index (χ3v) is 5.10. The summed E-state index contributed by atoms with van der Waals surface area (Å²) < 4.78 is 25.2. The normalized spacial score (nSPS) is 11.7. The summed E-state index contributed by atoms with van der Waals surface area (Å²) in [6.07, 6.45) is 2.52. The van der Waals surface area contributed by atoms with E-state index in [-0.39, 0.29) is 29.4 Å². The van der Waals surface area contributed by atoms with Crippen LogP contribution < -0.4 is 15.2 Å². The van der Waals surface area contributed by atoms with E-state index in [1.165, 1.54) is 12.1 Å². The zero-order valence-electron chi connectivity index (χ0n) is 19.8. The molecule has 33 heavy (non-hydrogen) atoms. The Morgan fingerprint density at radius 2 is 1.52 bits per heavy atom. The molecule has 0 saturated carbocycles. The van der Waals surface area contributed by atoms with Gasteiger partial charge >= 0.3 is 0 Å². The number of carbonyl (C=O) groups excluding carboxylic acids is 1. The van der Waals surface area contributed by atoms with Gasteiger partial charge in [-0.2, -0.15) is 0 Å². The summed E-state index contributed by atoms with van der Waals surface area (Å²) in [5, 5.41) is 11.4. The van der Waals surface area contributed by atoms with Crippen molar-refractivity contribution in [1.82, 2.24) is 4.90 Å². The number of oxime groups is 1. The van der Waals surface area contributed by atoms with Crippen molar-refractivity contribution in [2.75, 3.05) is 13.2 Å². The van der Waals surface area contributed by atoms with E-state index >= 15 is 0 Å². The van der Waals surface area contributed by atoms with Crippen LogP contribution in [0.3, 0.4) is 0 Å². The molecule has 3 N–H and O–H groups in total. The molecule has 0 radical (unpaired) electrons. The van der Waals surface area contributed by atoms with Gasteiger partial charge in [0.2, 0.25) is 0 Å². The van der Waals surface area contributed by atoms with Gasteiger partial charge in [-0.25, -0.2) is 4.39 Å². The van der Waals surface area contributed by atoms with Crippen LogP contribution in [0.1, 0.15) is 62.9 Å². The Kier molecular flexibility index (Phi) is 9.97. The molecule has 0 bridgehead atoms. The molecule has 7 nitrogen and oxygen atoms in total. The Labute approximate surface area is 195 Å². The minimum atomic E-state index is -0.606. The van der Waals surface area contributed by atoms with Crippen molar-refractivity contribution < 1.29 is 23.9 Å². The predicted octanol–water partition coefficient (Wildman–Crippen LogP) is 4.81. The fourth-order valence-electron chi connectivity index (χ4n) is 3.52. The third-order valence-electron chi connectivity index (χ3n) is 5.10. The molecule has 0 heterocycles. The summed E-state index contributed by atoms with van der Waals surface area (Å²) in [7, 11) is 0. The topological polar surface area (TPSA) is 97.4 Å². The highest BCUT2D eigenvalue weighted by atomic mass is 19.1. The first-order valence-electron chi connectivity index (χ1n) is 11.2. The van der Waals surface area contributed by atoms with Crippen LogP contribution in [0.15, 0.2) is 47.6 Å². The minimum Gasteiger partial charge on any atom is -0.494 e. The lowest BCUT2D eigenvalue weighted by atomic mass is 10.1. The Morgan fingerprint density at radius 3 is 2.03 bits per heavy atom. The van der Waals surface area contributed by atoms with Crippen molar-refractivity contribution >= 4 is 11.7 Å². The van der Waals surface area contributed by atoms with Gasteiger partial charge in [-0.1, -0.05) is 5.16 Å². The number of nitrogens with two attached hydrogens (primary N) is 1. The Balaban J connectivity index is 1.69. The van der Waals surface area contributed by atoms with E-state index in [0.717, 1.165) is 25.0 Å². The van der Waals surface area contributed by atoms with Crippen molar-refractivity contribution in [2.45, 2.75) is 59.0 Å². The SMILES string of the molecule is CC(C)N(C(=O)c1ccc(OCCCCCOc2ccc(C(N)=NO)c(F)c2)cc1)C(C)C. The molecule has 2 aromatic rings. The number of unbranched alkanes of at least 4 members (excludes halogenated alkanes) is 2. The number of nitrogens with zero attached hydrogens (tertiary/aromatic N) is 2. The van der Waals surface area contributed by atoms with E-state index in [4.69, 9.17) is 20.4 Å². The quantitative estimate of drug-likeness (QED) is 0.156. The van der Waals surface area contributed by atoms with Crippen LogP contribution in [0.4, 0.5) is 4.39 Å². The summed E-state index contributed by atoms with van der Waals surface area (Å²) in [5.41, 5.74) is 6.07. The lowest BCUT2D eigenvalue weighted by Gasteiger charge is -2.30. The highest BCUT2D eigenvalue weighted by Gasteiger charge is 2.21. The molecule has 1 amide bonds. The van der Waals surface area contributed by atoms with E-state index in [0.29, 0.717) is 24.5 Å². The predicted molar refractivity (Wildman–Crippen MR) is 127 cm³/mol. The number of hydrogen-bond donors (Lipinski definition) is 2. The lowest BCUT2D eigenvalue weighted by Crippen LogP contribution is -2.42. The molecule has 0 aliphatic rings. The number of hydrogen-bond acceptors (Lipinski definition) is 5. The fraction of sp³-hybridized carbons (Fsp3) is 0.440. The van der Waals surface area contributed by atoms with Gasteiger partial charge in [-0.05, 0) is 83.4 Å². The first kappa shape index (κ1) is 26.0. The molecule has 0 aromatic heterocycles. The molecule has 2 aromatic carbocycles. The molecule has 2 rings (SSSR count). The van der Waals surface area contributed by atoms with E-state index in [9.17, 15) is 9.18 Å². The molecule has 8 heteroatoms. The highest BCUT2D eigenvalue weighted by molar-refractivity contribution is 5.97. The maximum atomic E-state index is 13.9. The zero-order chi connectivity index (χ0) is 24.4. The van der Waals surface area contributed by atoms with Crippen LogP contribution >= 0.6 is 0 Å². The molecule has 0 aliphatic carbocycles. The Hall–Kier alpha value is -3.29. The smallest absolute Gasteiger partial charge is 0.254 e. The monoisotopic (exact) mass is 459 g/mol. The first-order valence-corrected chi connectivity index (χ1v) is 11.2. The summed E-state index contributed by atoms with van der Waals surface area (Å²) in [6, 6.07) is 11.7. The van der Waals surface area contributed by atoms with E-state index in [1.54, 1.807) is 18.2 Å². The first-order chi connectivity index (χ1) is 15.7. The van der Waals surface area contributed by atoms with Crippen LogP contribution in [0.25, 0.3) is 0 Å². The van der Waals surface area contributed by atoms with Gasteiger partial charge in [0.05, 0.1) is 18.8 Å². The number of benzene rings is 2. The number of amides is 1. The van der Waals surface area contributed by atoms with Crippen molar-refractivity contribution in [1.29, 1.82) is 0 Å². The minimum absolute atomic E-state index is 0.0195. The van der Waals surface area contributed by atoms with Crippen LogP contribution in [0.2, 0.25) is 0 Å². The van der Waals surface area contributed by atoms with Crippen LogP contribution in [-0.4, -0.2) is 47.1 Å². The fourth-order valence-corrected chi connectivity index (χ4v) is 3.52. The van der Waals surface area contributed by atoms with Gasteiger partial charge in [-0.3, -0.25) is 4.79 Å². The summed E-state index contributed by atoms with van der Waals surface area (Å²) >= 11 is 0. The van der Waals surface area contributed by atoms with Crippen LogP contribution in [0, 0.1) is 5.82 Å². The summed E-state index contributed by atoms with van der Waals surface area (Å²) in [6.45, 7) is 9.05. The number of halogens is 1. The second kappa shape index (κ2) is 12.7. The number of rotatable bonds is 12. The second-order valence-electron chi connectivity index (χ2n) is 8.31. The van der Waals surface area contributed by atoms with Gasteiger partial charge < -0.3 is 25.3 Å². The molecular formula is C25H34FN3O4. The largest absolute Gasteiger partial charge is 0.494 e. The molecule has 0 atom stereocenters. The second-order valence-corrected chi connectivity index (χ2v) is 8.31. The maximum Gasteiger partial charge on any atom is 0.254 e. The summed E-state index contributed by atoms with van der Waals surface area (Å²) in [4.78, 5) is 14.6. The lowest BCUT2D eigenvalue weighted by molar-refractivity contribution is 0.0643. The van der Waals surface area contributed by atoms with Crippen molar-refractivity contribution in [3.05, 3.63) is 59.4 Å². The number of carbonyl (C=O) groups is 1.